The van der Waals surface area contributed by atoms with Gasteiger partial charge in [0, 0.05) is 16.4 Å². The van der Waals surface area contributed by atoms with Crippen LogP contribution in [0.3, 0.4) is 0 Å². The molecular formula is C9H10BrN. The monoisotopic (exact) mass is 211 g/mol. The van der Waals surface area contributed by atoms with E-state index in [0.717, 1.165) is 10.9 Å². The smallest absolute Gasteiger partial charge is 0.0178 e. The van der Waals surface area contributed by atoms with Gasteiger partial charge in [0.2, 0.25) is 0 Å². The highest BCUT2D eigenvalue weighted by atomic mass is 79.9. The fraction of sp³-hybridized carbons (Fsp3) is 0.333. The first-order valence-corrected chi connectivity index (χ1v) is 4.58. The fourth-order valence-corrected chi connectivity index (χ4v) is 1.75. The van der Waals surface area contributed by atoms with Crippen molar-refractivity contribution >= 4 is 15.9 Å². The Morgan fingerprint density at radius 3 is 2.73 bits per heavy atom. The third kappa shape index (κ3) is 1.47. The van der Waals surface area contributed by atoms with Crippen LogP contribution in [-0.4, -0.2) is 6.04 Å². The molecule has 0 aromatic heterocycles. The van der Waals surface area contributed by atoms with Crippen LogP contribution in [0.2, 0.25) is 0 Å². The van der Waals surface area contributed by atoms with E-state index in [1.807, 2.05) is 6.07 Å². The van der Waals surface area contributed by atoms with Gasteiger partial charge in [-0.05, 0) is 24.1 Å². The highest BCUT2D eigenvalue weighted by Gasteiger charge is 2.34. The summed E-state index contributed by atoms with van der Waals surface area (Å²) in [5.74, 6) is 0.618. The molecule has 1 fully saturated rings. The maximum Gasteiger partial charge on any atom is 0.0178 e. The van der Waals surface area contributed by atoms with Gasteiger partial charge in [-0.25, -0.2) is 0 Å². The molecule has 11 heavy (non-hydrogen) atoms. The summed E-state index contributed by atoms with van der Waals surface area (Å²) in [6.45, 7) is 0. The lowest BCUT2D eigenvalue weighted by atomic mass is 10.1. The molecule has 1 unspecified atom stereocenters. The van der Waals surface area contributed by atoms with Crippen LogP contribution in [0, 0.1) is 0 Å². The van der Waals surface area contributed by atoms with E-state index in [9.17, 15) is 0 Å². The quantitative estimate of drug-likeness (QED) is 0.759. The molecule has 1 nitrogen and oxygen atoms in total. The largest absolute Gasteiger partial charge is 0.327 e. The van der Waals surface area contributed by atoms with E-state index >= 15 is 0 Å². The van der Waals surface area contributed by atoms with Gasteiger partial charge in [0.1, 0.15) is 0 Å². The average molecular weight is 212 g/mol. The molecular weight excluding hydrogens is 202 g/mol. The van der Waals surface area contributed by atoms with E-state index < -0.39 is 0 Å². The minimum Gasteiger partial charge on any atom is -0.327 e. The first kappa shape index (κ1) is 7.32. The molecule has 0 aliphatic heterocycles. The summed E-state index contributed by atoms with van der Waals surface area (Å²) in [6, 6.07) is 8.80. The zero-order valence-electron chi connectivity index (χ0n) is 6.13. The van der Waals surface area contributed by atoms with Gasteiger partial charge < -0.3 is 5.73 Å². The van der Waals surface area contributed by atoms with Crippen LogP contribution >= 0.6 is 15.9 Å². The maximum absolute atomic E-state index is 5.73. The molecule has 1 aliphatic rings. The van der Waals surface area contributed by atoms with E-state index in [0.29, 0.717) is 12.0 Å². The molecule has 0 radical (unpaired) electrons. The second-order valence-corrected chi connectivity index (χ2v) is 3.98. The van der Waals surface area contributed by atoms with E-state index in [4.69, 9.17) is 5.73 Å². The second kappa shape index (κ2) is 2.61. The van der Waals surface area contributed by atoms with Crippen molar-refractivity contribution in [3.63, 3.8) is 0 Å². The topological polar surface area (TPSA) is 26.0 Å². The molecule has 1 saturated carbocycles. The zero-order valence-corrected chi connectivity index (χ0v) is 7.71. The second-order valence-electron chi connectivity index (χ2n) is 3.06. The standard InChI is InChI=1S/C9H10BrN/c10-7-3-1-2-6(4-7)8-5-9(8)11/h1-4,8-9H,5,11H2/t8-,9?/m0/s1. The van der Waals surface area contributed by atoms with Crippen LogP contribution in [-0.2, 0) is 0 Å². The van der Waals surface area contributed by atoms with Crippen molar-refractivity contribution in [1.82, 2.24) is 0 Å². The molecule has 58 valence electrons. The van der Waals surface area contributed by atoms with Gasteiger partial charge in [-0.2, -0.15) is 0 Å². The Kier molecular flexibility index (Phi) is 1.74. The lowest BCUT2D eigenvalue weighted by Crippen LogP contribution is -2.00. The third-order valence-corrected chi connectivity index (χ3v) is 2.61. The number of benzene rings is 1. The molecule has 1 aromatic carbocycles. The molecule has 2 rings (SSSR count). The maximum atomic E-state index is 5.73. The molecule has 1 aliphatic carbocycles. The summed E-state index contributed by atoms with van der Waals surface area (Å²) in [7, 11) is 0. The lowest BCUT2D eigenvalue weighted by molar-refractivity contribution is 0.989. The summed E-state index contributed by atoms with van der Waals surface area (Å²) < 4.78 is 1.15. The van der Waals surface area contributed by atoms with Crippen molar-refractivity contribution in [2.75, 3.05) is 0 Å². The minimum atomic E-state index is 0.407. The van der Waals surface area contributed by atoms with Crippen LogP contribution in [0.25, 0.3) is 0 Å². The predicted molar refractivity (Wildman–Crippen MR) is 49.5 cm³/mol. The van der Waals surface area contributed by atoms with Crippen LogP contribution in [0.15, 0.2) is 28.7 Å². The van der Waals surface area contributed by atoms with Gasteiger partial charge in [0.05, 0.1) is 0 Å². The summed E-state index contributed by atoms with van der Waals surface area (Å²) in [6.07, 6.45) is 1.15. The fourth-order valence-electron chi connectivity index (χ4n) is 1.34. The highest BCUT2D eigenvalue weighted by Crippen LogP contribution is 2.39. The SMILES string of the molecule is NC1C[C@H]1c1cccc(Br)c1. The first-order chi connectivity index (χ1) is 5.27. The highest BCUT2D eigenvalue weighted by molar-refractivity contribution is 9.10. The predicted octanol–water partition coefficient (Wildman–Crippen LogP) is 2.26. The van der Waals surface area contributed by atoms with Gasteiger partial charge >= 0.3 is 0 Å². The first-order valence-electron chi connectivity index (χ1n) is 3.78. The van der Waals surface area contributed by atoms with E-state index in [2.05, 4.69) is 34.1 Å². The Labute approximate surface area is 74.7 Å². The van der Waals surface area contributed by atoms with Crippen molar-refractivity contribution in [2.24, 2.45) is 5.73 Å². The van der Waals surface area contributed by atoms with Gasteiger partial charge in [0.25, 0.3) is 0 Å². The summed E-state index contributed by atoms with van der Waals surface area (Å²) in [5, 5.41) is 0. The number of rotatable bonds is 1. The Bertz CT molecular complexity index is 272. The van der Waals surface area contributed by atoms with Crippen molar-refractivity contribution in [1.29, 1.82) is 0 Å². The van der Waals surface area contributed by atoms with E-state index in [-0.39, 0.29) is 0 Å². The Morgan fingerprint density at radius 1 is 1.45 bits per heavy atom. The van der Waals surface area contributed by atoms with Gasteiger partial charge in [0.15, 0.2) is 0 Å². The van der Waals surface area contributed by atoms with Crippen molar-refractivity contribution in [3.05, 3.63) is 34.3 Å². The molecule has 0 bridgehead atoms. The summed E-state index contributed by atoms with van der Waals surface area (Å²) in [4.78, 5) is 0. The molecule has 2 atom stereocenters. The van der Waals surface area contributed by atoms with Crippen LogP contribution in [0.1, 0.15) is 17.9 Å². The van der Waals surface area contributed by atoms with Gasteiger partial charge in [-0.3, -0.25) is 0 Å². The molecule has 0 amide bonds. The van der Waals surface area contributed by atoms with Crippen LogP contribution < -0.4 is 5.73 Å². The van der Waals surface area contributed by atoms with E-state index in [1.165, 1.54) is 5.56 Å². The van der Waals surface area contributed by atoms with E-state index in [1.54, 1.807) is 0 Å². The third-order valence-electron chi connectivity index (χ3n) is 2.12. The van der Waals surface area contributed by atoms with Gasteiger partial charge in [-0.15, -0.1) is 0 Å². The Hall–Kier alpha value is -0.340. The number of nitrogens with two attached hydrogens (primary N) is 1. The summed E-state index contributed by atoms with van der Waals surface area (Å²) >= 11 is 3.44. The zero-order chi connectivity index (χ0) is 7.84. The number of halogens is 1. The number of hydrogen-bond donors (Lipinski definition) is 1. The number of hydrogen-bond acceptors (Lipinski definition) is 1. The molecule has 2 heteroatoms. The van der Waals surface area contributed by atoms with Crippen molar-refractivity contribution in [2.45, 2.75) is 18.4 Å². The van der Waals surface area contributed by atoms with Crippen LogP contribution in [0.5, 0.6) is 0 Å². The average Bonchev–Trinajstić information content (AvgIpc) is 2.67. The Balaban J connectivity index is 2.25. The molecule has 1 aromatic rings. The lowest BCUT2D eigenvalue weighted by Gasteiger charge is -1.97. The van der Waals surface area contributed by atoms with Crippen molar-refractivity contribution < 1.29 is 0 Å². The molecule has 0 spiro atoms. The molecule has 0 heterocycles. The summed E-state index contributed by atoms with van der Waals surface area (Å²) in [5.41, 5.74) is 7.10. The molecule has 0 saturated heterocycles. The van der Waals surface area contributed by atoms with Crippen LogP contribution in [0.4, 0.5) is 0 Å². The van der Waals surface area contributed by atoms with Gasteiger partial charge in [-0.1, -0.05) is 28.1 Å². The minimum absolute atomic E-state index is 0.407. The normalized spacial score (nSPS) is 28.5. The molecule has 2 N–H and O–H groups in total. The van der Waals surface area contributed by atoms with Crippen molar-refractivity contribution in [3.8, 4) is 0 Å². The Morgan fingerprint density at radius 2 is 2.18 bits per heavy atom.